The standard InChI is InChI=1S/C10H11BrCl2N2/c1-5-3-7(13)10(9(11)6(5)2)15-8(14)4-12/h3H,4H2,1-2H3,(H2,14,15). The Bertz CT molecular complexity index is 416. The van der Waals surface area contributed by atoms with Crippen molar-refractivity contribution < 1.29 is 0 Å². The fraction of sp³-hybridized carbons (Fsp3) is 0.300. The van der Waals surface area contributed by atoms with Crippen molar-refractivity contribution >= 4 is 50.7 Å². The predicted octanol–water partition coefficient (Wildman–Crippen LogP) is 3.95. The Morgan fingerprint density at radius 2 is 2.13 bits per heavy atom. The van der Waals surface area contributed by atoms with E-state index in [1.54, 1.807) is 0 Å². The van der Waals surface area contributed by atoms with Gasteiger partial charge in [0.15, 0.2) is 0 Å². The zero-order valence-electron chi connectivity index (χ0n) is 8.44. The first-order chi connectivity index (χ1) is 6.97. The molecule has 2 nitrogen and oxygen atoms in total. The van der Waals surface area contributed by atoms with Crippen molar-refractivity contribution in [1.82, 2.24) is 0 Å². The molecule has 15 heavy (non-hydrogen) atoms. The van der Waals surface area contributed by atoms with Crippen molar-refractivity contribution in [1.29, 1.82) is 0 Å². The minimum atomic E-state index is 0.190. The van der Waals surface area contributed by atoms with Gasteiger partial charge in [0.05, 0.1) is 16.6 Å². The molecular formula is C10H11BrCl2N2. The summed E-state index contributed by atoms with van der Waals surface area (Å²) >= 11 is 15.1. The Labute approximate surface area is 108 Å². The number of hydrogen-bond acceptors (Lipinski definition) is 1. The molecule has 0 aromatic heterocycles. The largest absolute Gasteiger partial charge is 0.386 e. The number of benzene rings is 1. The molecule has 0 saturated heterocycles. The van der Waals surface area contributed by atoms with Crippen molar-refractivity contribution in [2.75, 3.05) is 5.88 Å². The van der Waals surface area contributed by atoms with Gasteiger partial charge in [-0.2, -0.15) is 0 Å². The third-order valence-electron chi connectivity index (χ3n) is 2.09. The lowest BCUT2D eigenvalue weighted by Crippen LogP contribution is -2.12. The lowest BCUT2D eigenvalue weighted by Gasteiger charge is -2.09. The summed E-state index contributed by atoms with van der Waals surface area (Å²) in [5.74, 6) is 0.540. The molecule has 0 atom stereocenters. The van der Waals surface area contributed by atoms with E-state index in [4.69, 9.17) is 28.9 Å². The highest BCUT2D eigenvalue weighted by Gasteiger charge is 2.10. The van der Waals surface area contributed by atoms with Crippen LogP contribution in [0.5, 0.6) is 0 Å². The number of halogens is 3. The summed E-state index contributed by atoms with van der Waals surface area (Å²) < 4.78 is 0.862. The normalized spacial score (nSPS) is 11.9. The van der Waals surface area contributed by atoms with Crippen LogP contribution in [-0.4, -0.2) is 11.7 Å². The Balaban J connectivity index is 3.36. The van der Waals surface area contributed by atoms with E-state index in [0.29, 0.717) is 16.5 Å². The molecule has 5 heteroatoms. The molecule has 2 N–H and O–H groups in total. The zero-order valence-corrected chi connectivity index (χ0v) is 11.5. The van der Waals surface area contributed by atoms with Gasteiger partial charge in [0.25, 0.3) is 0 Å². The van der Waals surface area contributed by atoms with Crippen LogP contribution in [0, 0.1) is 13.8 Å². The fourth-order valence-electron chi connectivity index (χ4n) is 1.10. The summed E-state index contributed by atoms with van der Waals surface area (Å²) in [6, 6.07) is 1.86. The van der Waals surface area contributed by atoms with Gasteiger partial charge in [0.1, 0.15) is 5.84 Å². The van der Waals surface area contributed by atoms with Crippen LogP contribution in [0.2, 0.25) is 5.02 Å². The number of nitrogens with two attached hydrogens (primary N) is 1. The monoisotopic (exact) mass is 308 g/mol. The number of aryl methyl sites for hydroxylation is 1. The number of rotatable bonds is 2. The van der Waals surface area contributed by atoms with E-state index in [1.807, 2.05) is 19.9 Å². The van der Waals surface area contributed by atoms with E-state index < -0.39 is 0 Å². The second kappa shape index (κ2) is 5.19. The van der Waals surface area contributed by atoms with Gasteiger partial charge in [-0.15, -0.1) is 11.6 Å². The number of aliphatic imine (C=N–C) groups is 1. The lowest BCUT2D eigenvalue weighted by atomic mass is 10.1. The molecule has 1 aromatic carbocycles. The van der Waals surface area contributed by atoms with Crippen molar-refractivity contribution in [2.24, 2.45) is 10.7 Å². The third-order valence-corrected chi connectivity index (χ3v) is 3.62. The first kappa shape index (κ1) is 12.8. The van der Waals surface area contributed by atoms with E-state index in [9.17, 15) is 0 Å². The van der Waals surface area contributed by atoms with Gasteiger partial charge in [0.2, 0.25) is 0 Å². The molecule has 0 saturated carbocycles. The highest BCUT2D eigenvalue weighted by Crippen LogP contribution is 2.37. The molecule has 0 aliphatic rings. The summed E-state index contributed by atoms with van der Waals surface area (Å²) in [4.78, 5) is 4.16. The SMILES string of the molecule is Cc1cc(Cl)c(N=C(N)CCl)c(Br)c1C. The van der Waals surface area contributed by atoms with E-state index >= 15 is 0 Å². The van der Waals surface area contributed by atoms with Crippen LogP contribution in [0.25, 0.3) is 0 Å². The van der Waals surface area contributed by atoms with E-state index in [-0.39, 0.29) is 5.88 Å². The summed E-state index contributed by atoms with van der Waals surface area (Å²) in [6.07, 6.45) is 0. The number of amidine groups is 1. The Hall–Kier alpha value is -0.250. The van der Waals surface area contributed by atoms with Crippen molar-refractivity contribution in [3.05, 3.63) is 26.7 Å². The lowest BCUT2D eigenvalue weighted by molar-refractivity contribution is 1.29. The third kappa shape index (κ3) is 2.86. The molecule has 0 unspecified atom stereocenters. The molecule has 82 valence electrons. The first-order valence-electron chi connectivity index (χ1n) is 4.31. The maximum atomic E-state index is 6.07. The van der Waals surface area contributed by atoms with E-state index in [0.717, 1.165) is 15.6 Å². The first-order valence-corrected chi connectivity index (χ1v) is 6.02. The Kier molecular flexibility index (Phi) is 4.44. The average molecular weight is 310 g/mol. The number of nitrogens with zero attached hydrogens (tertiary/aromatic N) is 1. The van der Waals surface area contributed by atoms with Crippen LogP contribution >= 0.6 is 39.1 Å². The smallest absolute Gasteiger partial charge is 0.115 e. The molecule has 0 bridgehead atoms. The van der Waals surface area contributed by atoms with Gasteiger partial charge in [-0.3, -0.25) is 0 Å². The Morgan fingerprint density at radius 3 is 2.67 bits per heavy atom. The number of hydrogen-bond donors (Lipinski definition) is 1. The second-order valence-electron chi connectivity index (χ2n) is 3.20. The average Bonchev–Trinajstić information content (AvgIpc) is 2.21. The molecule has 0 amide bonds. The van der Waals surface area contributed by atoms with Crippen LogP contribution < -0.4 is 5.73 Å². The molecule has 1 aromatic rings. The maximum Gasteiger partial charge on any atom is 0.115 e. The molecule has 1 rings (SSSR count). The highest BCUT2D eigenvalue weighted by molar-refractivity contribution is 9.10. The van der Waals surface area contributed by atoms with Crippen molar-refractivity contribution in [3.8, 4) is 0 Å². The van der Waals surface area contributed by atoms with Crippen LogP contribution in [0.3, 0.4) is 0 Å². The summed E-state index contributed by atoms with van der Waals surface area (Å²) in [7, 11) is 0. The van der Waals surface area contributed by atoms with Crippen LogP contribution in [0.15, 0.2) is 15.5 Å². The number of alkyl halides is 1. The van der Waals surface area contributed by atoms with Gasteiger partial charge < -0.3 is 5.73 Å². The van der Waals surface area contributed by atoms with E-state index in [1.165, 1.54) is 0 Å². The minimum absolute atomic E-state index is 0.190. The second-order valence-corrected chi connectivity index (χ2v) is 4.67. The van der Waals surface area contributed by atoms with Crippen LogP contribution in [0.1, 0.15) is 11.1 Å². The predicted molar refractivity (Wildman–Crippen MR) is 70.6 cm³/mol. The van der Waals surface area contributed by atoms with Gasteiger partial charge in [-0.25, -0.2) is 4.99 Å². The minimum Gasteiger partial charge on any atom is -0.386 e. The van der Waals surface area contributed by atoms with Crippen molar-refractivity contribution in [2.45, 2.75) is 13.8 Å². The van der Waals surface area contributed by atoms with Gasteiger partial charge >= 0.3 is 0 Å². The van der Waals surface area contributed by atoms with Gasteiger partial charge in [-0.1, -0.05) is 11.6 Å². The van der Waals surface area contributed by atoms with Gasteiger partial charge in [-0.05, 0) is 47.0 Å². The molecular weight excluding hydrogens is 299 g/mol. The molecule has 0 fully saturated rings. The molecule has 0 aliphatic carbocycles. The molecule has 0 spiro atoms. The summed E-state index contributed by atoms with van der Waals surface area (Å²) in [5, 5.41) is 0.568. The molecule has 0 heterocycles. The van der Waals surface area contributed by atoms with E-state index in [2.05, 4.69) is 20.9 Å². The summed E-state index contributed by atoms with van der Waals surface area (Å²) in [5.41, 5.74) is 8.41. The van der Waals surface area contributed by atoms with Crippen LogP contribution in [-0.2, 0) is 0 Å². The fourth-order valence-corrected chi connectivity index (χ4v) is 2.19. The maximum absolute atomic E-state index is 6.07. The zero-order chi connectivity index (χ0) is 11.6. The topological polar surface area (TPSA) is 38.4 Å². The molecule has 0 aliphatic heterocycles. The quantitative estimate of drug-likeness (QED) is 0.501. The van der Waals surface area contributed by atoms with Gasteiger partial charge in [0, 0.05) is 4.47 Å². The van der Waals surface area contributed by atoms with Crippen LogP contribution in [0.4, 0.5) is 5.69 Å². The Morgan fingerprint density at radius 1 is 1.53 bits per heavy atom. The molecule has 0 radical (unpaired) electrons. The highest BCUT2D eigenvalue weighted by atomic mass is 79.9. The summed E-state index contributed by atoms with van der Waals surface area (Å²) in [6.45, 7) is 3.98. The van der Waals surface area contributed by atoms with Crippen molar-refractivity contribution in [3.63, 3.8) is 0 Å².